The van der Waals surface area contributed by atoms with E-state index in [9.17, 15) is 4.21 Å². The molecule has 4 heteroatoms. The summed E-state index contributed by atoms with van der Waals surface area (Å²) in [6.45, 7) is 8.58. The molecule has 1 aromatic rings. The first-order valence-corrected chi connectivity index (χ1v) is 8.59. The Morgan fingerprint density at radius 1 is 1.47 bits per heavy atom. The van der Waals surface area contributed by atoms with Gasteiger partial charge in [0.15, 0.2) is 0 Å². The van der Waals surface area contributed by atoms with Crippen LogP contribution in [0, 0.1) is 5.41 Å². The van der Waals surface area contributed by atoms with Gasteiger partial charge in [-0.05, 0) is 61.3 Å². The molecule has 2 N–H and O–H groups in total. The van der Waals surface area contributed by atoms with Gasteiger partial charge in [-0.15, -0.1) is 0 Å². The lowest BCUT2D eigenvalue weighted by Gasteiger charge is -2.33. The van der Waals surface area contributed by atoms with Crippen molar-refractivity contribution in [1.82, 2.24) is 0 Å². The van der Waals surface area contributed by atoms with Crippen LogP contribution in [0.5, 0.6) is 0 Å². The molecule has 1 unspecified atom stereocenters. The molecule has 0 saturated heterocycles. The first-order chi connectivity index (χ1) is 8.63. The van der Waals surface area contributed by atoms with Gasteiger partial charge in [-0.2, -0.15) is 0 Å². The Morgan fingerprint density at radius 3 is 2.68 bits per heavy atom. The summed E-state index contributed by atoms with van der Waals surface area (Å²) in [5, 5.41) is 5.65. The van der Waals surface area contributed by atoms with Gasteiger partial charge >= 0.3 is 0 Å². The Morgan fingerprint density at radius 2 is 2.11 bits per heavy atom. The van der Waals surface area contributed by atoms with E-state index in [0.717, 1.165) is 17.3 Å². The van der Waals surface area contributed by atoms with Gasteiger partial charge in [-0.1, -0.05) is 35.8 Å². The highest BCUT2D eigenvalue weighted by molar-refractivity contribution is 9.10. The van der Waals surface area contributed by atoms with Crippen LogP contribution < -0.4 is 5.14 Å². The topological polar surface area (TPSA) is 43.1 Å². The minimum absolute atomic E-state index is 0.194. The SMILES string of the molecule is CC1(C)Cc2cc(Br)ccc2[C@@H]1CC(C)(C)S(N)=O. The van der Waals surface area contributed by atoms with E-state index in [-0.39, 0.29) is 10.2 Å². The lowest BCUT2D eigenvalue weighted by molar-refractivity contribution is 0.283. The van der Waals surface area contributed by atoms with Crippen molar-refractivity contribution in [3.63, 3.8) is 0 Å². The van der Waals surface area contributed by atoms with Crippen molar-refractivity contribution >= 4 is 26.9 Å². The highest BCUT2D eigenvalue weighted by atomic mass is 79.9. The fraction of sp³-hybridized carbons (Fsp3) is 0.600. The molecular formula is C15H22BrNOS. The van der Waals surface area contributed by atoms with Crippen molar-refractivity contribution in [3.05, 3.63) is 33.8 Å². The van der Waals surface area contributed by atoms with E-state index in [1.807, 2.05) is 13.8 Å². The fourth-order valence-corrected chi connectivity index (χ4v) is 3.80. The number of hydrogen-bond acceptors (Lipinski definition) is 1. The minimum atomic E-state index is -1.30. The maximum atomic E-state index is 11.7. The summed E-state index contributed by atoms with van der Waals surface area (Å²) < 4.78 is 12.5. The van der Waals surface area contributed by atoms with Crippen molar-refractivity contribution in [2.45, 2.75) is 51.2 Å². The van der Waals surface area contributed by atoms with Gasteiger partial charge in [0.25, 0.3) is 0 Å². The number of benzene rings is 1. The number of nitrogens with two attached hydrogens (primary N) is 1. The summed E-state index contributed by atoms with van der Waals surface area (Å²) in [6.07, 6.45) is 1.93. The molecule has 0 fully saturated rings. The third-order valence-corrected chi connectivity index (χ3v) is 6.06. The number of fused-ring (bicyclic) bond motifs is 1. The zero-order valence-electron chi connectivity index (χ0n) is 12.0. The maximum Gasteiger partial charge on any atom is 0.0945 e. The maximum absolute atomic E-state index is 11.7. The fourth-order valence-electron chi connectivity index (χ4n) is 3.06. The van der Waals surface area contributed by atoms with Crippen molar-refractivity contribution in [3.8, 4) is 0 Å². The second kappa shape index (κ2) is 4.97. The van der Waals surface area contributed by atoms with Gasteiger partial charge < -0.3 is 0 Å². The van der Waals surface area contributed by atoms with Crippen LogP contribution >= 0.6 is 15.9 Å². The van der Waals surface area contributed by atoms with E-state index in [1.165, 1.54) is 11.1 Å². The monoisotopic (exact) mass is 343 g/mol. The summed E-state index contributed by atoms with van der Waals surface area (Å²) in [7, 11) is -1.30. The lowest BCUT2D eigenvalue weighted by atomic mass is 9.75. The molecule has 0 aliphatic heterocycles. The second-order valence-electron chi connectivity index (χ2n) is 6.82. The van der Waals surface area contributed by atoms with Gasteiger partial charge in [0.2, 0.25) is 0 Å². The summed E-state index contributed by atoms with van der Waals surface area (Å²) in [5.74, 6) is 0.415. The standard InChI is InChI=1S/C15H22BrNOS/c1-14(2)8-10-7-11(16)5-6-12(10)13(14)9-15(3,4)19(17)18/h5-7,13H,8-9,17H2,1-4H3/t13-,19?/m0/s1. The largest absolute Gasteiger partial charge is 0.251 e. The van der Waals surface area contributed by atoms with Gasteiger partial charge in [-0.25, -0.2) is 4.21 Å². The van der Waals surface area contributed by atoms with Crippen molar-refractivity contribution in [2.75, 3.05) is 0 Å². The molecule has 1 aliphatic carbocycles. The van der Waals surface area contributed by atoms with Gasteiger partial charge in [-0.3, -0.25) is 5.14 Å². The Balaban J connectivity index is 2.38. The third-order valence-electron chi connectivity index (χ3n) is 4.31. The molecule has 2 rings (SSSR count). The van der Waals surface area contributed by atoms with E-state index in [1.54, 1.807) is 0 Å². The Kier molecular flexibility index (Phi) is 3.98. The minimum Gasteiger partial charge on any atom is -0.251 e. The van der Waals surface area contributed by atoms with Gasteiger partial charge in [0, 0.05) is 4.47 Å². The molecule has 1 aromatic carbocycles. The molecule has 0 heterocycles. The summed E-state index contributed by atoms with van der Waals surface area (Å²) in [5.41, 5.74) is 2.99. The van der Waals surface area contributed by atoms with Crippen molar-refractivity contribution in [1.29, 1.82) is 0 Å². The predicted molar refractivity (Wildman–Crippen MR) is 85.4 cm³/mol. The van der Waals surface area contributed by atoms with Crippen LogP contribution in [-0.2, 0) is 17.4 Å². The Labute approximate surface area is 126 Å². The summed E-state index contributed by atoms with van der Waals surface area (Å²) >= 11 is 3.54. The van der Waals surface area contributed by atoms with Crippen LogP contribution in [0.4, 0.5) is 0 Å². The van der Waals surface area contributed by atoms with Crippen LogP contribution in [0.25, 0.3) is 0 Å². The lowest BCUT2D eigenvalue weighted by Crippen LogP contribution is -2.36. The van der Waals surface area contributed by atoms with E-state index >= 15 is 0 Å². The molecule has 0 bridgehead atoms. The number of hydrogen-bond donors (Lipinski definition) is 1. The average molecular weight is 344 g/mol. The Hall–Kier alpha value is -0.190. The van der Waals surface area contributed by atoms with E-state index in [4.69, 9.17) is 5.14 Å². The van der Waals surface area contributed by atoms with Crippen LogP contribution in [-0.4, -0.2) is 8.96 Å². The molecule has 106 valence electrons. The summed E-state index contributed by atoms with van der Waals surface area (Å²) in [4.78, 5) is 0. The average Bonchev–Trinajstić information content (AvgIpc) is 2.48. The summed E-state index contributed by atoms with van der Waals surface area (Å²) in [6, 6.07) is 6.51. The quantitative estimate of drug-likeness (QED) is 0.888. The Bertz CT molecular complexity index is 525. The van der Waals surface area contributed by atoms with Gasteiger partial charge in [0.05, 0.1) is 15.7 Å². The highest BCUT2D eigenvalue weighted by Gasteiger charge is 2.42. The zero-order chi connectivity index (χ0) is 14.4. The first-order valence-electron chi connectivity index (χ1n) is 6.58. The molecule has 0 radical (unpaired) electrons. The first kappa shape index (κ1) is 15.2. The van der Waals surface area contributed by atoms with E-state index in [2.05, 4.69) is 48.0 Å². The molecule has 0 amide bonds. The molecule has 0 spiro atoms. The van der Waals surface area contributed by atoms with Gasteiger partial charge in [0.1, 0.15) is 0 Å². The molecular weight excluding hydrogens is 322 g/mol. The van der Waals surface area contributed by atoms with Crippen LogP contribution in [0.1, 0.15) is 51.2 Å². The van der Waals surface area contributed by atoms with Crippen LogP contribution in [0.15, 0.2) is 22.7 Å². The smallest absolute Gasteiger partial charge is 0.0945 e. The number of halogens is 1. The molecule has 0 saturated carbocycles. The third kappa shape index (κ3) is 2.96. The predicted octanol–water partition coefficient (Wildman–Crippen LogP) is 3.91. The van der Waals surface area contributed by atoms with Crippen molar-refractivity contribution < 1.29 is 4.21 Å². The van der Waals surface area contributed by atoms with Crippen LogP contribution in [0.3, 0.4) is 0 Å². The molecule has 2 atom stereocenters. The van der Waals surface area contributed by atoms with E-state index in [0.29, 0.717) is 5.92 Å². The molecule has 0 aromatic heterocycles. The normalized spacial score (nSPS) is 23.2. The second-order valence-corrected chi connectivity index (χ2v) is 9.44. The van der Waals surface area contributed by atoms with E-state index < -0.39 is 11.0 Å². The number of rotatable bonds is 3. The zero-order valence-corrected chi connectivity index (χ0v) is 14.4. The molecule has 1 aliphatic rings. The molecule has 2 nitrogen and oxygen atoms in total. The van der Waals surface area contributed by atoms with Crippen molar-refractivity contribution in [2.24, 2.45) is 10.6 Å². The highest BCUT2D eigenvalue weighted by Crippen LogP contribution is 2.51. The molecule has 19 heavy (non-hydrogen) atoms. The van der Waals surface area contributed by atoms with Crippen LogP contribution in [0.2, 0.25) is 0 Å².